The molecule has 3 aromatic carbocycles. The van der Waals surface area contributed by atoms with Crippen molar-refractivity contribution < 1.29 is 14.3 Å². The lowest BCUT2D eigenvalue weighted by atomic mass is 10.1. The molecule has 0 saturated heterocycles. The van der Waals surface area contributed by atoms with Crippen LogP contribution in [0.2, 0.25) is 0 Å². The molecule has 0 aliphatic heterocycles. The number of anilines is 1. The van der Waals surface area contributed by atoms with Gasteiger partial charge >= 0.3 is 5.97 Å². The molecule has 0 saturated carbocycles. The molecule has 0 atom stereocenters. The van der Waals surface area contributed by atoms with Crippen molar-refractivity contribution in [1.82, 2.24) is 9.78 Å². The van der Waals surface area contributed by atoms with Crippen LogP contribution in [0.3, 0.4) is 0 Å². The van der Waals surface area contributed by atoms with Crippen molar-refractivity contribution in [3.8, 4) is 16.9 Å². The van der Waals surface area contributed by atoms with Crippen molar-refractivity contribution in [3.05, 3.63) is 102 Å². The maximum Gasteiger partial charge on any atom is 0.335 e. The summed E-state index contributed by atoms with van der Waals surface area (Å²) >= 11 is 0. The fraction of sp³-hybridized carbons (Fsp3) is 0.0435. The van der Waals surface area contributed by atoms with Gasteiger partial charge in [0.25, 0.3) is 0 Å². The molecule has 4 aromatic rings. The molecule has 0 amide bonds. The molecule has 0 aliphatic rings. The Hall–Kier alpha value is -3.93. The first-order valence-electron chi connectivity index (χ1n) is 9.07. The van der Waals surface area contributed by atoms with E-state index >= 15 is 0 Å². The van der Waals surface area contributed by atoms with Crippen LogP contribution in [-0.2, 0) is 6.54 Å². The topological polar surface area (TPSA) is 67.2 Å². The summed E-state index contributed by atoms with van der Waals surface area (Å²) in [5.41, 5.74) is 4.40. The summed E-state index contributed by atoms with van der Waals surface area (Å²) in [6.07, 6.45) is 1.89. The second kappa shape index (κ2) is 7.98. The number of carboxylic acid groups (broad SMARTS) is 1. The molecule has 0 aliphatic carbocycles. The third-order valence-electron chi connectivity index (χ3n) is 4.54. The Balaban J connectivity index is 1.69. The van der Waals surface area contributed by atoms with Crippen molar-refractivity contribution in [3.63, 3.8) is 0 Å². The summed E-state index contributed by atoms with van der Waals surface area (Å²) in [5, 5.41) is 17.1. The first-order valence-corrected chi connectivity index (χ1v) is 9.07. The van der Waals surface area contributed by atoms with Crippen LogP contribution < -0.4 is 5.32 Å². The van der Waals surface area contributed by atoms with Crippen molar-refractivity contribution in [2.24, 2.45) is 0 Å². The van der Waals surface area contributed by atoms with Crippen LogP contribution in [0.4, 0.5) is 10.1 Å². The Bertz CT molecular complexity index is 1120. The van der Waals surface area contributed by atoms with E-state index in [1.807, 2.05) is 36.5 Å². The number of nitrogens with one attached hydrogen (secondary N) is 1. The Morgan fingerprint density at radius 3 is 2.31 bits per heavy atom. The van der Waals surface area contributed by atoms with E-state index in [4.69, 9.17) is 5.11 Å². The predicted molar refractivity (Wildman–Crippen MR) is 110 cm³/mol. The Kier molecular flexibility index (Phi) is 5.07. The van der Waals surface area contributed by atoms with Gasteiger partial charge in [0.2, 0.25) is 0 Å². The summed E-state index contributed by atoms with van der Waals surface area (Å²) in [5.74, 6) is -1.28. The van der Waals surface area contributed by atoms with Crippen LogP contribution in [0.25, 0.3) is 16.9 Å². The molecule has 2 N–H and O–H groups in total. The van der Waals surface area contributed by atoms with Crippen LogP contribution in [0.15, 0.2) is 85.1 Å². The van der Waals surface area contributed by atoms with Gasteiger partial charge in [-0.2, -0.15) is 5.10 Å². The van der Waals surface area contributed by atoms with Gasteiger partial charge in [-0.3, -0.25) is 0 Å². The minimum atomic E-state index is -0.975. The van der Waals surface area contributed by atoms with Gasteiger partial charge < -0.3 is 10.4 Å². The van der Waals surface area contributed by atoms with Gasteiger partial charge in [-0.1, -0.05) is 18.2 Å². The van der Waals surface area contributed by atoms with Gasteiger partial charge in [0.05, 0.1) is 16.9 Å². The van der Waals surface area contributed by atoms with Crippen LogP contribution >= 0.6 is 0 Å². The summed E-state index contributed by atoms with van der Waals surface area (Å²) in [6, 6.07) is 22.5. The van der Waals surface area contributed by atoms with Gasteiger partial charge in [0.1, 0.15) is 5.82 Å². The van der Waals surface area contributed by atoms with E-state index in [-0.39, 0.29) is 11.4 Å². The number of nitrogens with zero attached hydrogens (tertiary/aromatic N) is 2. The summed E-state index contributed by atoms with van der Waals surface area (Å²) < 4.78 is 15.1. The fourth-order valence-corrected chi connectivity index (χ4v) is 3.03. The van der Waals surface area contributed by atoms with Gasteiger partial charge in [0, 0.05) is 29.6 Å². The standard InChI is InChI=1S/C23H18FN3O2/c24-19-10-6-16(7-11-19)22-18(14-25-20-4-2-1-3-5-20)15-27(26-22)21-12-8-17(9-13-21)23(28)29/h1-13,15,25H,14H2,(H,28,29). The van der Waals surface area contributed by atoms with Gasteiger partial charge in [-0.05, 0) is 60.7 Å². The van der Waals surface area contributed by atoms with Crippen LogP contribution in [-0.4, -0.2) is 20.9 Å². The van der Waals surface area contributed by atoms with Crippen molar-refractivity contribution in [2.45, 2.75) is 6.54 Å². The zero-order valence-electron chi connectivity index (χ0n) is 15.4. The summed E-state index contributed by atoms with van der Waals surface area (Å²) in [6.45, 7) is 0.532. The third-order valence-corrected chi connectivity index (χ3v) is 4.54. The lowest BCUT2D eigenvalue weighted by molar-refractivity contribution is 0.0697. The molecule has 0 radical (unpaired) electrons. The third kappa shape index (κ3) is 4.16. The highest BCUT2D eigenvalue weighted by Crippen LogP contribution is 2.25. The Labute approximate surface area is 167 Å². The van der Waals surface area contributed by atoms with Crippen molar-refractivity contribution in [1.29, 1.82) is 0 Å². The normalized spacial score (nSPS) is 10.7. The lowest BCUT2D eigenvalue weighted by Crippen LogP contribution is -1.99. The number of benzene rings is 3. The molecule has 0 spiro atoms. The molecule has 144 valence electrons. The van der Waals surface area contributed by atoms with Crippen LogP contribution in [0, 0.1) is 5.82 Å². The number of hydrogen-bond acceptors (Lipinski definition) is 3. The highest BCUT2D eigenvalue weighted by Gasteiger charge is 2.13. The number of aromatic nitrogens is 2. The number of hydrogen-bond donors (Lipinski definition) is 2. The molecule has 29 heavy (non-hydrogen) atoms. The van der Waals surface area contributed by atoms with Crippen molar-refractivity contribution in [2.75, 3.05) is 5.32 Å². The minimum Gasteiger partial charge on any atom is -0.478 e. The lowest BCUT2D eigenvalue weighted by Gasteiger charge is -2.06. The monoisotopic (exact) mass is 387 g/mol. The maximum atomic E-state index is 13.4. The molecule has 1 heterocycles. The van der Waals surface area contributed by atoms with Crippen molar-refractivity contribution >= 4 is 11.7 Å². The first-order chi connectivity index (χ1) is 14.1. The van der Waals surface area contributed by atoms with E-state index in [1.54, 1.807) is 41.1 Å². The van der Waals surface area contributed by atoms with E-state index in [0.717, 1.165) is 28.2 Å². The van der Waals surface area contributed by atoms with Gasteiger partial charge in [-0.15, -0.1) is 0 Å². The van der Waals surface area contributed by atoms with E-state index in [9.17, 15) is 9.18 Å². The number of carbonyl (C=O) groups is 1. The van der Waals surface area contributed by atoms with Crippen LogP contribution in [0.1, 0.15) is 15.9 Å². The van der Waals surface area contributed by atoms with Gasteiger partial charge in [0.15, 0.2) is 0 Å². The smallest absolute Gasteiger partial charge is 0.335 e. The second-order valence-electron chi connectivity index (χ2n) is 6.53. The zero-order chi connectivity index (χ0) is 20.2. The van der Waals surface area contributed by atoms with Gasteiger partial charge in [-0.25, -0.2) is 13.9 Å². The van der Waals surface area contributed by atoms with Crippen LogP contribution in [0.5, 0.6) is 0 Å². The van der Waals surface area contributed by atoms with E-state index < -0.39 is 5.97 Å². The van der Waals surface area contributed by atoms with E-state index in [1.165, 1.54) is 12.1 Å². The number of carboxylic acids is 1. The molecule has 5 nitrogen and oxygen atoms in total. The molecule has 0 unspecified atom stereocenters. The van der Waals surface area contributed by atoms with E-state index in [0.29, 0.717) is 6.54 Å². The minimum absolute atomic E-state index is 0.214. The maximum absolute atomic E-state index is 13.4. The number of para-hydroxylation sites is 1. The first kappa shape index (κ1) is 18.4. The molecule has 0 bridgehead atoms. The molecular weight excluding hydrogens is 369 g/mol. The SMILES string of the molecule is O=C(O)c1ccc(-n2cc(CNc3ccccc3)c(-c3ccc(F)cc3)n2)cc1. The largest absolute Gasteiger partial charge is 0.478 e. The quantitative estimate of drug-likeness (QED) is 0.489. The highest BCUT2D eigenvalue weighted by atomic mass is 19.1. The predicted octanol–water partition coefficient (Wildman–Crippen LogP) is 4.99. The molecule has 4 rings (SSSR count). The zero-order valence-corrected chi connectivity index (χ0v) is 15.4. The molecule has 6 heteroatoms. The fourth-order valence-electron chi connectivity index (χ4n) is 3.03. The second-order valence-corrected chi connectivity index (χ2v) is 6.53. The average Bonchev–Trinajstić information content (AvgIpc) is 3.18. The molecular formula is C23H18FN3O2. The Morgan fingerprint density at radius 1 is 0.966 bits per heavy atom. The number of halogens is 1. The highest BCUT2D eigenvalue weighted by molar-refractivity contribution is 5.87. The molecule has 1 aromatic heterocycles. The number of aromatic carboxylic acids is 1. The molecule has 0 fully saturated rings. The average molecular weight is 387 g/mol. The summed E-state index contributed by atoms with van der Waals surface area (Å²) in [7, 11) is 0. The van der Waals surface area contributed by atoms with E-state index in [2.05, 4.69) is 10.4 Å². The number of rotatable bonds is 6. The Morgan fingerprint density at radius 2 is 1.66 bits per heavy atom. The summed E-state index contributed by atoms with van der Waals surface area (Å²) in [4.78, 5) is 11.1.